The van der Waals surface area contributed by atoms with Gasteiger partial charge in [0.2, 0.25) is 0 Å². The van der Waals surface area contributed by atoms with Crippen molar-refractivity contribution in [2.45, 2.75) is 13.0 Å². The molecule has 0 saturated heterocycles. The number of rotatable bonds is 6. The molecule has 0 fully saturated rings. The summed E-state index contributed by atoms with van der Waals surface area (Å²) in [4.78, 5) is 0. The number of ether oxygens (including phenoxy) is 1. The quantitative estimate of drug-likeness (QED) is 0.868. The minimum Gasteiger partial charge on any atom is -0.489 e. The third-order valence-electron chi connectivity index (χ3n) is 2.91. The molecule has 0 radical (unpaired) electrons. The summed E-state index contributed by atoms with van der Waals surface area (Å²) in [6.07, 6.45) is 1.05. The van der Waals surface area contributed by atoms with Crippen LogP contribution in [0.15, 0.2) is 48.5 Å². The summed E-state index contributed by atoms with van der Waals surface area (Å²) in [5.41, 5.74) is 2.51. The van der Waals surface area contributed by atoms with Crippen molar-refractivity contribution >= 4 is 11.6 Å². The molecule has 2 aromatic rings. The van der Waals surface area contributed by atoms with E-state index in [0.29, 0.717) is 6.61 Å². The highest BCUT2D eigenvalue weighted by molar-refractivity contribution is 6.30. The van der Waals surface area contributed by atoms with E-state index in [2.05, 4.69) is 29.6 Å². The fourth-order valence-electron chi connectivity index (χ4n) is 1.77. The lowest BCUT2D eigenvalue weighted by molar-refractivity contribution is 0.306. The molecule has 0 aliphatic heterocycles. The largest absolute Gasteiger partial charge is 0.489 e. The number of nitrogens with one attached hydrogen (secondary N) is 1. The minimum absolute atomic E-state index is 0.577. The van der Waals surface area contributed by atoms with Gasteiger partial charge >= 0.3 is 0 Å². The first-order chi connectivity index (χ1) is 9.28. The van der Waals surface area contributed by atoms with Crippen LogP contribution in [0, 0.1) is 0 Å². The van der Waals surface area contributed by atoms with E-state index in [9.17, 15) is 0 Å². The zero-order valence-corrected chi connectivity index (χ0v) is 11.8. The number of hydrogen-bond acceptors (Lipinski definition) is 2. The van der Waals surface area contributed by atoms with Gasteiger partial charge in [-0.2, -0.15) is 0 Å². The van der Waals surface area contributed by atoms with Gasteiger partial charge in [-0.05, 0) is 55.4 Å². The Kier molecular flexibility index (Phi) is 5.25. The van der Waals surface area contributed by atoms with Crippen LogP contribution >= 0.6 is 11.6 Å². The van der Waals surface area contributed by atoms with Crippen LogP contribution in [-0.4, -0.2) is 13.6 Å². The molecule has 0 amide bonds. The molecule has 2 nitrogen and oxygen atoms in total. The van der Waals surface area contributed by atoms with Gasteiger partial charge in [0, 0.05) is 5.02 Å². The summed E-state index contributed by atoms with van der Waals surface area (Å²) in [5, 5.41) is 3.87. The predicted molar refractivity (Wildman–Crippen MR) is 79.9 cm³/mol. The highest BCUT2D eigenvalue weighted by Crippen LogP contribution is 2.17. The van der Waals surface area contributed by atoms with Crippen molar-refractivity contribution in [3.05, 3.63) is 64.7 Å². The molecule has 2 rings (SSSR count). The first-order valence-corrected chi connectivity index (χ1v) is 6.76. The molecule has 0 saturated carbocycles. The second-order valence-electron chi connectivity index (χ2n) is 4.41. The molecule has 0 bridgehead atoms. The lowest BCUT2D eigenvalue weighted by atomic mass is 10.1. The molecular formula is C16H18ClNO. The average Bonchev–Trinajstić information content (AvgIpc) is 2.46. The van der Waals surface area contributed by atoms with Gasteiger partial charge in [0.05, 0.1) is 0 Å². The Morgan fingerprint density at radius 1 is 0.947 bits per heavy atom. The van der Waals surface area contributed by atoms with Crippen molar-refractivity contribution in [3.63, 3.8) is 0 Å². The van der Waals surface area contributed by atoms with E-state index in [4.69, 9.17) is 16.3 Å². The smallest absolute Gasteiger partial charge is 0.119 e. The predicted octanol–water partition coefficient (Wildman–Crippen LogP) is 3.68. The lowest BCUT2D eigenvalue weighted by Gasteiger charge is -2.07. The van der Waals surface area contributed by atoms with Crippen LogP contribution in [0.4, 0.5) is 0 Å². The van der Waals surface area contributed by atoms with Gasteiger partial charge in [-0.25, -0.2) is 0 Å². The van der Waals surface area contributed by atoms with Gasteiger partial charge in [0.15, 0.2) is 0 Å². The third-order valence-corrected chi connectivity index (χ3v) is 3.16. The molecular weight excluding hydrogens is 258 g/mol. The normalized spacial score (nSPS) is 10.4. The molecule has 0 unspecified atom stereocenters. The highest BCUT2D eigenvalue weighted by Gasteiger charge is 1.97. The van der Waals surface area contributed by atoms with Crippen molar-refractivity contribution in [1.29, 1.82) is 0 Å². The second kappa shape index (κ2) is 7.17. The number of hydrogen-bond donors (Lipinski definition) is 1. The summed E-state index contributed by atoms with van der Waals surface area (Å²) in [6, 6.07) is 15.9. The fourth-order valence-corrected chi connectivity index (χ4v) is 1.89. The summed E-state index contributed by atoms with van der Waals surface area (Å²) in [5.74, 6) is 0.837. The van der Waals surface area contributed by atoms with Crippen molar-refractivity contribution in [2.75, 3.05) is 13.6 Å². The van der Waals surface area contributed by atoms with E-state index in [1.54, 1.807) is 0 Å². The molecule has 0 heterocycles. The Balaban J connectivity index is 1.87. The summed E-state index contributed by atoms with van der Waals surface area (Å²) >= 11 is 5.83. The topological polar surface area (TPSA) is 21.3 Å². The van der Waals surface area contributed by atoms with Crippen LogP contribution in [-0.2, 0) is 13.0 Å². The van der Waals surface area contributed by atoms with E-state index in [1.807, 2.05) is 31.3 Å². The van der Waals surface area contributed by atoms with Gasteiger partial charge in [-0.1, -0.05) is 35.9 Å². The zero-order valence-electron chi connectivity index (χ0n) is 11.0. The molecule has 0 aliphatic rings. The zero-order chi connectivity index (χ0) is 13.5. The monoisotopic (exact) mass is 275 g/mol. The minimum atomic E-state index is 0.577. The lowest BCUT2D eigenvalue weighted by Crippen LogP contribution is -2.10. The highest BCUT2D eigenvalue weighted by atomic mass is 35.5. The van der Waals surface area contributed by atoms with Crippen LogP contribution in [0.5, 0.6) is 5.75 Å². The van der Waals surface area contributed by atoms with Gasteiger partial charge < -0.3 is 10.1 Å². The Hall–Kier alpha value is -1.51. The summed E-state index contributed by atoms with van der Waals surface area (Å²) in [7, 11) is 1.97. The van der Waals surface area contributed by atoms with E-state index in [1.165, 1.54) is 11.1 Å². The molecule has 0 atom stereocenters. The van der Waals surface area contributed by atoms with Crippen LogP contribution in [0.1, 0.15) is 11.1 Å². The standard InChI is InChI=1S/C16H18ClNO/c1-18-11-10-13-2-4-14(5-3-13)12-19-16-8-6-15(17)7-9-16/h2-9,18H,10-12H2,1H3. The van der Waals surface area contributed by atoms with Crippen molar-refractivity contribution < 1.29 is 4.74 Å². The number of likely N-dealkylation sites (N-methyl/N-ethyl adjacent to an activating group) is 1. The molecule has 1 N–H and O–H groups in total. The fraction of sp³-hybridized carbons (Fsp3) is 0.250. The maximum Gasteiger partial charge on any atom is 0.119 e. The van der Waals surface area contributed by atoms with Gasteiger partial charge in [0.1, 0.15) is 12.4 Å². The van der Waals surface area contributed by atoms with Crippen molar-refractivity contribution in [3.8, 4) is 5.75 Å². The first-order valence-electron chi connectivity index (χ1n) is 6.39. The molecule has 0 aliphatic carbocycles. The van der Waals surface area contributed by atoms with Crippen LogP contribution in [0.25, 0.3) is 0 Å². The van der Waals surface area contributed by atoms with Gasteiger partial charge in [-0.15, -0.1) is 0 Å². The number of benzene rings is 2. The SMILES string of the molecule is CNCCc1ccc(COc2ccc(Cl)cc2)cc1. The van der Waals surface area contributed by atoms with Crippen molar-refractivity contribution in [2.24, 2.45) is 0 Å². The van der Waals surface area contributed by atoms with Crippen LogP contribution in [0.2, 0.25) is 5.02 Å². The second-order valence-corrected chi connectivity index (χ2v) is 4.85. The van der Waals surface area contributed by atoms with Crippen molar-refractivity contribution in [1.82, 2.24) is 5.32 Å². The van der Waals surface area contributed by atoms with E-state index in [-0.39, 0.29) is 0 Å². The maximum atomic E-state index is 5.83. The summed E-state index contributed by atoms with van der Waals surface area (Å²) in [6.45, 7) is 1.58. The molecule has 3 heteroatoms. The molecule has 100 valence electrons. The summed E-state index contributed by atoms with van der Waals surface area (Å²) < 4.78 is 5.70. The first kappa shape index (κ1) is 13.9. The Labute approximate surface area is 119 Å². The van der Waals surface area contributed by atoms with Crippen LogP contribution in [0.3, 0.4) is 0 Å². The van der Waals surface area contributed by atoms with E-state index >= 15 is 0 Å². The Bertz CT molecular complexity index is 493. The molecule has 0 spiro atoms. The van der Waals surface area contributed by atoms with E-state index < -0.39 is 0 Å². The molecule has 19 heavy (non-hydrogen) atoms. The maximum absolute atomic E-state index is 5.83. The Morgan fingerprint density at radius 3 is 2.21 bits per heavy atom. The molecule has 0 aromatic heterocycles. The Morgan fingerprint density at radius 2 is 1.58 bits per heavy atom. The number of halogens is 1. The van der Waals surface area contributed by atoms with Gasteiger partial charge in [-0.3, -0.25) is 0 Å². The molecule has 2 aromatic carbocycles. The third kappa shape index (κ3) is 4.58. The van der Waals surface area contributed by atoms with E-state index in [0.717, 1.165) is 23.7 Å². The van der Waals surface area contributed by atoms with Gasteiger partial charge in [0.25, 0.3) is 0 Å². The average molecular weight is 276 g/mol. The van der Waals surface area contributed by atoms with Crippen LogP contribution < -0.4 is 10.1 Å².